The van der Waals surface area contributed by atoms with Crippen molar-refractivity contribution < 1.29 is 32.5 Å². The van der Waals surface area contributed by atoms with Crippen LogP contribution in [0.4, 0.5) is 0 Å². The quantitative estimate of drug-likeness (QED) is 0.365. The number of carboxylic acid groups (broad SMARTS) is 1. The Balaban J connectivity index is 1.48. The van der Waals surface area contributed by atoms with E-state index in [1.165, 1.54) is 4.31 Å². The summed E-state index contributed by atoms with van der Waals surface area (Å²) >= 11 is 0. The highest BCUT2D eigenvalue weighted by Crippen LogP contribution is 2.47. The van der Waals surface area contributed by atoms with E-state index in [0.29, 0.717) is 43.3 Å². The van der Waals surface area contributed by atoms with Gasteiger partial charge in [0, 0.05) is 38.1 Å². The van der Waals surface area contributed by atoms with Crippen LogP contribution in [0.2, 0.25) is 0 Å². The minimum atomic E-state index is -3.71. The van der Waals surface area contributed by atoms with Crippen molar-refractivity contribution in [3.63, 3.8) is 0 Å². The molecule has 10 heteroatoms. The molecule has 0 bridgehead atoms. The number of ether oxygens (including phenoxy) is 3. The van der Waals surface area contributed by atoms with Crippen molar-refractivity contribution in [2.24, 2.45) is 5.92 Å². The summed E-state index contributed by atoms with van der Waals surface area (Å²) in [5.41, 5.74) is 1.68. The van der Waals surface area contributed by atoms with E-state index in [1.54, 1.807) is 37.4 Å². The first kappa shape index (κ1) is 27.9. The molecular weight excluding hydrogens is 532 g/mol. The van der Waals surface area contributed by atoms with Gasteiger partial charge in [0.05, 0.1) is 17.9 Å². The van der Waals surface area contributed by atoms with E-state index in [9.17, 15) is 18.3 Å². The number of aliphatic carboxylic acids is 1. The molecule has 1 saturated heterocycles. The lowest BCUT2D eigenvalue weighted by molar-refractivity contribution is -0.143. The van der Waals surface area contributed by atoms with Crippen molar-refractivity contribution in [3.8, 4) is 17.2 Å². The monoisotopic (exact) mass is 566 g/mol. The fraction of sp³-hybridized carbons (Fsp3) is 0.367. The van der Waals surface area contributed by atoms with Crippen LogP contribution in [0.25, 0.3) is 0 Å². The minimum Gasteiger partial charge on any atom is -0.497 e. The first-order valence-electron chi connectivity index (χ1n) is 13.4. The molecule has 0 radical (unpaired) electrons. The summed E-state index contributed by atoms with van der Waals surface area (Å²) in [6.45, 7) is 3.49. The number of hydrogen-bond donors (Lipinski definition) is 1. The third-order valence-electron chi connectivity index (χ3n) is 7.66. The molecule has 0 aromatic heterocycles. The zero-order chi connectivity index (χ0) is 28.3. The Hall–Kier alpha value is -3.60. The Kier molecular flexibility index (Phi) is 8.30. The van der Waals surface area contributed by atoms with E-state index < -0.39 is 28.0 Å². The Labute approximate surface area is 234 Å². The highest BCUT2D eigenvalue weighted by atomic mass is 32.2. The van der Waals surface area contributed by atoms with Crippen LogP contribution in [0.15, 0.2) is 77.7 Å². The molecule has 2 aliphatic rings. The number of benzene rings is 3. The van der Waals surface area contributed by atoms with Gasteiger partial charge < -0.3 is 19.3 Å². The molecule has 0 spiro atoms. The predicted molar refractivity (Wildman–Crippen MR) is 149 cm³/mol. The van der Waals surface area contributed by atoms with Gasteiger partial charge in [0.25, 0.3) is 0 Å². The van der Waals surface area contributed by atoms with Crippen molar-refractivity contribution in [2.75, 3.05) is 40.1 Å². The summed E-state index contributed by atoms with van der Waals surface area (Å²) in [7, 11) is -2.12. The number of likely N-dealkylation sites (tertiary alicyclic amines) is 1. The molecule has 9 nitrogen and oxygen atoms in total. The third kappa shape index (κ3) is 5.52. The number of nitrogens with zero attached hydrogens (tertiary/aromatic N) is 2. The number of methoxy groups -OCH3 is 1. The first-order chi connectivity index (χ1) is 19.3. The lowest BCUT2D eigenvalue weighted by Gasteiger charge is -2.30. The third-order valence-corrected chi connectivity index (χ3v) is 9.57. The fourth-order valence-corrected chi connectivity index (χ4v) is 7.27. The second-order valence-electron chi connectivity index (χ2n) is 10.0. The van der Waals surface area contributed by atoms with E-state index in [-0.39, 0.29) is 24.2 Å². The van der Waals surface area contributed by atoms with Gasteiger partial charge in [-0.15, -0.1) is 0 Å². The zero-order valence-electron chi connectivity index (χ0n) is 22.6. The molecule has 3 atom stereocenters. The Bertz CT molecular complexity index is 1430. The van der Waals surface area contributed by atoms with E-state index in [2.05, 4.69) is 4.90 Å². The summed E-state index contributed by atoms with van der Waals surface area (Å²) in [5.74, 6) is -0.102. The van der Waals surface area contributed by atoms with Crippen LogP contribution < -0.4 is 14.2 Å². The fourth-order valence-electron chi connectivity index (χ4n) is 5.72. The molecule has 0 aliphatic carbocycles. The number of rotatable bonds is 11. The average molecular weight is 567 g/mol. The minimum absolute atomic E-state index is 0.134. The molecule has 0 saturated carbocycles. The largest absolute Gasteiger partial charge is 0.497 e. The van der Waals surface area contributed by atoms with Crippen molar-refractivity contribution in [3.05, 3.63) is 83.9 Å². The molecule has 2 aliphatic heterocycles. The lowest BCUT2D eigenvalue weighted by atomic mass is 9.82. The molecule has 5 rings (SSSR count). The number of carbonyl (C=O) groups is 1. The van der Waals surface area contributed by atoms with Crippen molar-refractivity contribution in [1.29, 1.82) is 0 Å². The van der Waals surface area contributed by atoms with E-state index in [0.717, 1.165) is 11.1 Å². The van der Waals surface area contributed by atoms with Crippen molar-refractivity contribution in [1.82, 2.24) is 9.21 Å². The molecule has 3 aromatic rings. The van der Waals surface area contributed by atoms with Gasteiger partial charge in [0.1, 0.15) is 5.75 Å². The molecule has 1 N–H and O–H groups in total. The summed E-state index contributed by atoms with van der Waals surface area (Å²) in [4.78, 5) is 15.2. The van der Waals surface area contributed by atoms with Gasteiger partial charge in [0.15, 0.2) is 11.5 Å². The van der Waals surface area contributed by atoms with Crippen LogP contribution >= 0.6 is 0 Å². The van der Waals surface area contributed by atoms with Crippen LogP contribution in [0.3, 0.4) is 0 Å². The molecular formula is C30H34N2O7S. The predicted octanol–water partition coefficient (Wildman–Crippen LogP) is 4.37. The second kappa shape index (κ2) is 11.9. The van der Waals surface area contributed by atoms with Crippen LogP contribution in [-0.4, -0.2) is 68.8 Å². The van der Waals surface area contributed by atoms with Gasteiger partial charge in [0.2, 0.25) is 16.8 Å². The Morgan fingerprint density at radius 2 is 1.70 bits per heavy atom. The summed E-state index contributed by atoms with van der Waals surface area (Å²) < 4.78 is 44.8. The van der Waals surface area contributed by atoms with Crippen LogP contribution in [-0.2, 0) is 14.8 Å². The van der Waals surface area contributed by atoms with Gasteiger partial charge in [-0.1, -0.05) is 43.3 Å². The lowest BCUT2D eigenvalue weighted by Crippen LogP contribution is -2.39. The number of hydrogen-bond acceptors (Lipinski definition) is 7. The summed E-state index contributed by atoms with van der Waals surface area (Å²) in [6, 6.07) is 20.9. The van der Waals surface area contributed by atoms with E-state index in [1.807, 2.05) is 49.4 Å². The molecule has 3 aromatic carbocycles. The Morgan fingerprint density at radius 1 is 1.00 bits per heavy atom. The first-order valence-corrected chi connectivity index (χ1v) is 14.8. The molecule has 212 valence electrons. The maximum Gasteiger partial charge on any atom is 0.309 e. The smallest absolute Gasteiger partial charge is 0.309 e. The molecule has 0 unspecified atom stereocenters. The Morgan fingerprint density at radius 3 is 2.38 bits per heavy atom. The summed E-state index contributed by atoms with van der Waals surface area (Å²) in [5, 5.41) is 10.5. The van der Waals surface area contributed by atoms with E-state index in [4.69, 9.17) is 14.2 Å². The normalized spacial score (nSPS) is 20.6. The maximum atomic E-state index is 13.5. The SMILES string of the molecule is CCCN(CCN1C[C@H](c2ccc3c(c2)OCO3)[C@H](C(=O)O)[C@H]1c1ccc(OC)cc1)S(=O)(=O)c1ccccc1. The van der Waals surface area contributed by atoms with Gasteiger partial charge in [-0.3, -0.25) is 9.69 Å². The van der Waals surface area contributed by atoms with Crippen LogP contribution in [0.5, 0.6) is 17.2 Å². The van der Waals surface area contributed by atoms with Gasteiger partial charge in [-0.25, -0.2) is 8.42 Å². The van der Waals surface area contributed by atoms with Gasteiger partial charge in [-0.05, 0) is 53.9 Å². The number of fused-ring (bicyclic) bond motifs is 1. The summed E-state index contributed by atoms with van der Waals surface area (Å²) in [6.07, 6.45) is 0.658. The van der Waals surface area contributed by atoms with Crippen LogP contribution in [0, 0.1) is 5.92 Å². The van der Waals surface area contributed by atoms with Gasteiger partial charge >= 0.3 is 5.97 Å². The van der Waals surface area contributed by atoms with Gasteiger partial charge in [-0.2, -0.15) is 4.31 Å². The zero-order valence-corrected chi connectivity index (χ0v) is 23.4. The van der Waals surface area contributed by atoms with Crippen molar-refractivity contribution in [2.45, 2.75) is 30.2 Å². The second-order valence-corrected chi connectivity index (χ2v) is 12.0. The highest BCUT2D eigenvalue weighted by molar-refractivity contribution is 7.89. The molecule has 2 heterocycles. The molecule has 0 amide bonds. The number of carboxylic acids is 1. The highest BCUT2D eigenvalue weighted by Gasteiger charge is 2.47. The standard InChI is InChI=1S/C30H34N2O7S/c1-3-15-32(40(35,36)24-7-5-4-6-8-24)17-16-31-19-25(22-11-14-26-27(18-22)39-20-38-26)28(30(33)34)29(31)21-9-12-23(37-2)13-10-21/h4-14,18,25,28-29H,3,15-17,19-20H2,1-2H3,(H,33,34)/t25-,28+,29-/m1/s1. The van der Waals surface area contributed by atoms with Crippen LogP contribution in [0.1, 0.15) is 36.4 Å². The number of sulfonamides is 1. The van der Waals surface area contributed by atoms with E-state index >= 15 is 0 Å². The maximum absolute atomic E-state index is 13.5. The molecule has 40 heavy (non-hydrogen) atoms. The topological polar surface area (TPSA) is 106 Å². The average Bonchev–Trinajstić information content (AvgIpc) is 3.60. The molecule has 1 fully saturated rings. The van der Waals surface area contributed by atoms with Crippen molar-refractivity contribution >= 4 is 16.0 Å².